The van der Waals surface area contributed by atoms with Gasteiger partial charge in [0.05, 0.1) is 0 Å². The van der Waals surface area contributed by atoms with Crippen LogP contribution in [0.15, 0.2) is 36.4 Å². The maximum absolute atomic E-state index is 12.7. The van der Waals surface area contributed by atoms with Gasteiger partial charge in [-0.25, -0.2) is 4.39 Å². The van der Waals surface area contributed by atoms with Crippen molar-refractivity contribution in [3.8, 4) is 0 Å². The Bertz CT molecular complexity index is 387. The lowest BCUT2D eigenvalue weighted by molar-refractivity contribution is -0.117. The van der Waals surface area contributed by atoms with E-state index in [0.717, 1.165) is 5.56 Å². The normalized spacial score (nSPS) is 12.6. The molecule has 4 heteroatoms. The molecule has 92 valence electrons. The van der Waals surface area contributed by atoms with E-state index in [0.29, 0.717) is 13.0 Å². The minimum atomic E-state index is -0.253. The summed E-state index contributed by atoms with van der Waals surface area (Å²) in [6, 6.07) is 6.26. The molecule has 1 rings (SSSR count). The Hall–Kier alpha value is -1.68. The zero-order valence-corrected chi connectivity index (χ0v) is 9.82. The van der Waals surface area contributed by atoms with Crippen molar-refractivity contribution in [1.29, 1.82) is 0 Å². The van der Waals surface area contributed by atoms with E-state index in [-0.39, 0.29) is 17.8 Å². The van der Waals surface area contributed by atoms with Crippen LogP contribution >= 0.6 is 0 Å². The summed E-state index contributed by atoms with van der Waals surface area (Å²) in [5, 5.41) is 2.80. The van der Waals surface area contributed by atoms with Gasteiger partial charge in [0, 0.05) is 18.7 Å². The summed E-state index contributed by atoms with van der Waals surface area (Å²) in [6.07, 6.45) is 3.68. The van der Waals surface area contributed by atoms with E-state index in [9.17, 15) is 9.18 Å². The highest BCUT2D eigenvalue weighted by molar-refractivity contribution is 5.87. The molecule has 0 fully saturated rings. The molecule has 0 bridgehead atoms. The molecule has 0 radical (unpaired) electrons. The minimum Gasteiger partial charge on any atom is -0.350 e. The second-order valence-corrected chi connectivity index (χ2v) is 3.88. The number of hydrogen-bond acceptors (Lipinski definition) is 2. The van der Waals surface area contributed by atoms with Gasteiger partial charge in [0.25, 0.3) is 0 Å². The maximum Gasteiger partial charge on any atom is 0.243 e. The summed E-state index contributed by atoms with van der Waals surface area (Å²) in [4.78, 5) is 11.3. The molecule has 0 aliphatic heterocycles. The third kappa shape index (κ3) is 5.26. The summed E-state index contributed by atoms with van der Waals surface area (Å²) in [7, 11) is 0. The molecule has 1 aromatic rings. The molecule has 17 heavy (non-hydrogen) atoms. The van der Waals surface area contributed by atoms with Crippen molar-refractivity contribution < 1.29 is 9.18 Å². The fourth-order valence-electron chi connectivity index (χ4n) is 1.49. The van der Waals surface area contributed by atoms with E-state index in [1.807, 2.05) is 6.92 Å². The highest BCUT2D eigenvalue weighted by Gasteiger charge is 2.05. The average Bonchev–Trinajstić information content (AvgIpc) is 2.29. The molecule has 0 aromatic heterocycles. The zero-order valence-electron chi connectivity index (χ0n) is 9.82. The predicted octanol–water partition coefficient (Wildman–Crippen LogP) is 1.39. The highest BCUT2D eigenvalue weighted by atomic mass is 19.1. The largest absolute Gasteiger partial charge is 0.350 e. The van der Waals surface area contributed by atoms with Crippen molar-refractivity contribution in [3.05, 3.63) is 47.8 Å². The highest BCUT2D eigenvalue weighted by Crippen LogP contribution is 2.05. The quantitative estimate of drug-likeness (QED) is 0.759. The molecular weight excluding hydrogens is 219 g/mol. The predicted molar refractivity (Wildman–Crippen MR) is 65.9 cm³/mol. The monoisotopic (exact) mass is 236 g/mol. The van der Waals surface area contributed by atoms with Gasteiger partial charge in [0.2, 0.25) is 5.91 Å². The number of benzene rings is 1. The fraction of sp³-hybridized carbons (Fsp3) is 0.308. The van der Waals surface area contributed by atoms with Crippen LogP contribution in [0.2, 0.25) is 0 Å². The van der Waals surface area contributed by atoms with E-state index < -0.39 is 0 Å². The van der Waals surface area contributed by atoms with E-state index in [4.69, 9.17) is 5.73 Å². The topological polar surface area (TPSA) is 55.1 Å². The van der Waals surface area contributed by atoms with Gasteiger partial charge in [-0.05, 0) is 31.0 Å². The Balaban J connectivity index is 2.44. The third-order valence-corrected chi connectivity index (χ3v) is 2.25. The van der Waals surface area contributed by atoms with Crippen LogP contribution in [0.25, 0.3) is 0 Å². The van der Waals surface area contributed by atoms with Crippen molar-refractivity contribution in [2.75, 3.05) is 6.54 Å². The fourth-order valence-corrected chi connectivity index (χ4v) is 1.49. The van der Waals surface area contributed by atoms with Gasteiger partial charge >= 0.3 is 0 Å². The average molecular weight is 236 g/mol. The number of amides is 1. The first-order valence-electron chi connectivity index (χ1n) is 5.53. The zero-order chi connectivity index (χ0) is 12.7. The maximum atomic E-state index is 12.7. The van der Waals surface area contributed by atoms with Crippen LogP contribution in [0.5, 0.6) is 0 Å². The summed E-state index contributed by atoms with van der Waals surface area (Å²) >= 11 is 0. The molecule has 1 atom stereocenters. The number of rotatable bonds is 5. The number of carbonyl (C=O) groups is 1. The lowest BCUT2D eigenvalue weighted by Crippen LogP contribution is -2.32. The smallest absolute Gasteiger partial charge is 0.243 e. The van der Waals surface area contributed by atoms with E-state index >= 15 is 0 Å². The lowest BCUT2D eigenvalue weighted by Gasteiger charge is -2.12. The number of carbonyl (C=O) groups excluding carboxylic acids is 1. The van der Waals surface area contributed by atoms with E-state index in [1.165, 1.54) is 18.2 Å². The van der Waals surface area contributed by atoms with Crippen molar-refractivity contribution in [3.63, 3.8) is 0 Å². The van der Waals surface area contributed by atoms with Crippen molar-refractivity contribution in [2.45, 2.75) is 19.4 Å². The van der Waals surface area contributed by atoms with Crippen LogP contribution in [-0.4, -0.2) is 18.5 Å². The van der Waals surface area contributed by atoms with Gasteiger partial charge < -0.3 is 11.1 Å². The number of halogens is 1. The standard InChI is InChI=1S/C13H17FN2O/c1-10(16-13(17)3-2-8-15)9-11-4-6-12(14)7-5-11/h2-7,10H,8-9,15H2,1H3,(H,16,17)/b3-2+. The second-order valence-electron chi connectivity index (χ2n) is 3.88. The summed E-state index contributed by atoms with van der Waals surface area (Å²) in [5.41, 5.74) is 6.23. The summed E-state index contributed by atoms with van der Waals surface area (Å²) in [6.45, 7) is 2.25. The van der Waals surface area contributed by atoms with Gasteiger partial charge in [-0.2, -0.15) is 0 Å². The molecule has 0 aliphatic rings. The first-order valence-corrected chi connectivity index (χ1v) is 5.53. The molecule has 0 aliphatic carbocycles. The molecule has 3 N–H and O–H groups in total. The molecule has 0 saturated heterocycles. The molecular formula is C13H17FN2O. The van der Waals surface area contributed by atoms with Crippen molar-refractivity contribution in [2.24, 2.45) is 5.73 Å². The first-order chi connectivity index (χ1) is 8.11. The Morgan fingerprint density at radius 2 is 2.12 bits per heavy atom. The van der Waals surface area contributed by atoms with E-state index in [2.05, 4.69) is 5.32 Å². The van der Waals surface area contributed by atoms with Crippen LogP contribution in [-0.2, 0) is 11.2 Å². The van der Waals surface area contributed by atoms with Crippen LogP contribution in [0.4, 0.5) is 4.39 Å². The van der Waals surface area contributed by atoms with Crippen LogP contribution in [0, 0.1) is 5.82 Å². The molecule has 1 amide bonds. The summed E-state index contributed by atoms with van der Waals surface area (Å²) in [5.74, 6) is -0.415. The van der Waals surface area contributed by atoms with Crippen molar-refractivity contribution in [1.82, 2.24) is 5.32 Å². The molecule has 0 heterocycles. The van der Waals surface area contributed by atoms with Crippen LogP contribution < -0.4 is 11.1 Å². The van der Waals surface area contributed by atoms with E-state index in [1.54, 1.807) is 18.2 Å². The van der Waals surface area contributed by atoms with Gasteiger partial charge in [0.1, 0.15) is 5.82 Å². The Morgan fingerprint density at radius 3 is 2.71 bits per heavy atom. The van der Waals surface area contributed by atoms with Gasteiger partial charge in [0.15, 0.2) is 0 Å². The third-order valence-electron chi connectivity index (χ3n) is 2.25. The molecule has 0 spiro atoms. The van der Waals surface area contributed by atoms with Gasteiger partial charge in [-0.15, -0.1) is 0 Å². The minimum absolute atomic E-state index is 0.00427. The molecule has 1 aromatic carbocycles. The number of hydrogen-bond donors (Lipinski definition) is 2. The molecule has 1 unspecified atom stereocenters. The van der Waals surface area contributed by atoms with Crippen LogP contribution in [0.1, 0.15) is 12.5 Å². The number of nitrogens with two attached hydrogens (primary N) is 1. The number of nitrogens with one attached hydrogen (secondary N) is 1. The Labute approximate surface area is 101 Å². The molecule has 0 saturated carbocycles. The lowest BCUT2D eigenvalue weighted by atomic mass is 10.1. The molecule has 3 nitrogen and oxygen atoms in total. The van der Waals surface area contributed by atoms with Crippen LogP contribution in [0.3, 0.4) is 0 Å². The Morgan fingerprint density at radius 1 is 1.47 bits per heavy atom. The summed E-state index contributed by atoms with van der Waals surface area (Å²) < 4.78 is 12.7. The van der Waals surface area contributed by atoms with Crippen molar-refractivity contribution >= 4 is 5.91 Å². The van der Waals surface area contributed by atoms with Gasteiger partial charge in [-0.1, -0.05) is 18.2 Å². The SMILES string of the molecule is CC(Cc1ccc(F)cc1)NC(=O)/C=C/CN. The van der Waals surface area contributed by atoms with Gasteiger partial charge in [-0.3, -0.25) is 4.79 Å². The first kappa shape index (κ1) is 13.4. The Kier molecular flexibility index (Phi) is 5.36. The second kappa shape index (κ2) is 6.81.